The van der Waals surface area contributed by atoms with Gasteiger partial charge in [-0.25, -0.2) is 0 Å². The number of hydrogen-bond donors (Lipinski definition) is 0. The van der Waals surface area contributed by atoms with Crippen molar-refractivity contribution in [2.75, 3.05) is 0 Å². The standard InChI is InChI=1S/C6H6Cl2N2/c1-4-5(6(7)8)10-3-2-9-4/h2-3,6H,1H3. The van der Waals surface area contributed by atoms with Crippen LogP contribution in [0.2, 0.25) is 0 Å². The molecule has 1 aromatic rings. The van der Waals surface area contributed by atoms with E-state index in [-0.39, 0.29) is 0 Å². The molecule has 10 heavy (non-hydrogen) atoms. The van der Waals surface area contributed by atoms with Crippen LogP contribution in [0.4, 0.5) is 0 Å². The number of alkyl halides is 2. The first-order valence-corrected chi connectivity index (χ1v) is 3.64. The highest BCUT2D eigenvalue weighted by molar-refractivity contribution is 6.43. The molecule has 0 fully saturated rings. The fourth-order valence-corrected chi connectivity index (χ4v) is 1.06. The van der Waals surface area contributed by atoms with Crippen LogP contribution >= 0.6 is 23.2 Å². The molecule has 0 unspecified atom stereocenters. The molecule has 1 heterocycles. The molecule has 0 amide bonds. The molecule has 0 N–H and O–H groups in total. The lowest BCUT2D eigenvalue weighted by Crippen LogP contribution is -1.94. The van der Waals surface area contributed by atoms with E-state index >= 15 is 0 Å². The van der Waals surface area contributed by atoms with Gasteiger partial charge in [-0.2, -0.15) is 0 Å². The van der Waals surface area contributed by atoms with Gasteiger partial charge in [0.2, 0.25) is 0 Å². The summed E-state index contributed by atoms with van der Waals surface area (Å²) in [7, 11) is 0. The van der Waals surface area contributed by atoms with Crippen LogP contribution in [0, 0.1) is 6.92 Å². The van der Waals surface area contributed by atoms with Gasteiger partial charge in [0.1, 0.15) is 0 Å². The molecule has 0 aliphatic rings. The Hall–Kier alpha value is -0.340. The van der Waals surface area contributed by atoms with Crippen molar-refractivity contribution in [1.82, 2.24) is 9.97 Å². The lowest BCUT2D eigenvalue weighted by molar-refractivity contribution is 1.02. The van der Waals surface area contributed by atoms with E-state index in [2.05, 4.69) is 9.97 Å². The Balaban J connectivity index is 3.03. The predicted molar refractivity (Wildman–Crippen MR) is 41.2 cm³/mol. The summed E-state index contributed by atoms with van der Waals surface area (Å²) in [6.07, 6.45) is 3.18. The van der Waals surface area contributed by atoms with Gasteiger partial charge in [-0.15, -0.1) is 0 Å². The maximum absolute atomic E-state index is 5.57. The van der Waals surface area contributed by atoms with E-state index in [1.807, 2.05) is 6.92 Å². The average molecular weight is 177 g/mol. The Bertz CT molecular complexity index is 225. The number of aromatic nitrogens is 2. The molecule has 54 valence electrons. The lowest BCUT2D eigenvalue weighted by atomic mass is 10.3. The van der Waals surface area contributed by atoms with E-state index < -0.39 is 4.84 Å². The monoisotopic (exact) mass is 176 g/mol. The summed E-state index contributed by atoms with van der Waals surface area (Å²) in [6, 6.07) is 0. The lowest BCUT2D eigenvalue weighted by Gasteiger charge is -2.01. The predicted octanol–water partition coefficient (Wildman–Crippen LogP) is 2.26. The third-order valence-electron chi connectivity index (χ3n) is 1.13. The molecule has 0 aliphatic carbocycles. The van der Waals surface area contributed by atoms with Crippen molar-refractivity contribution >= 4 is 23.2 Å². The third kappa shape index (κ3) is 1.58. The van der Waals surface area contributed by atoms with Crippen molar-refractivity contribution in [3.8, 4) is 0 Å². The average Bonchev–Trinajstić information content (AvgIpc) is 1.88. The van der Waals surface area contributed by atoms with Crippen molar-refractivity contribution in [1.29, 1.82) is 0 Å². The molecule has 1 aromatic heterocycles. The zero-order chi connectivity index (χ0) is 7.56. The maximum Gasteiger partial charge on any atom is 0.151 e. The minimum atomic E-state index is -0.575. The highest BCUT2D eigenvalue weighted by Crippen LogP contribution is 2.23. The second-order valence-corrected chi connectivity index (χ2v) is 2.92. The first kappa shape index (κ1) is 7.76. The zero-order valence-electron chi connectivity index (χ0n) is 5.38. The van der Waals surface area contributed by atoms with Crippen molar-refractivity contribution in [3.05, 3.63) is 23.8 Å². The van der Waals surface area contributed by atoms with E-state index in [1.165, 1.54) is 0 Å². The summed E-state index contributed by atoms with van der Waals surface area (Å²) in [5, 5.41) is 0. The summed E-state index contributed by atoms with van der Waals surface area (Å²) in [6.45, 7) is 1.82. The molecule has 0 radical (unpaired) electrons. The molecule has 0 aromatic carbocycles. The highest BCUT2D eigenvalue weighted by atomic mass is 35.5. The minimum Gasteiger partial charge on any atom is -0.258 e. The van der Waals surface area contributed by atoms with Crippen molar-refractivity contribution < 1.29 is 0 Å². The molecule has 0 saturated carbocycles. The Labute approximate surface area is 69.2 Å². The van der Waals surface area contributed by atoms with Crippen LogP contribution in [0.25, 0.3) is 0 Å². The van der Waals surface area contributed by atoms with Gasteiger partial charge in [0, 0.05) is 12.4 Å². The molecule has 4 heteroatoms. The van der Waals surface area contributed by atoms with Crippen LogP contribution in [-0.2, 0) is 0 Å². The van der Waals surface area contributed by atoms with Gasteiger partial charge >= 0.3 is 0 Å². The van der Waals surface area contributed by atoms with E-state index in [9.17, 15) is 0 Å². The van der Waals surface area contributed by atoms with Crippen LogP contribution < -0.4 is 0 Å². The summed E-state index contributed by atoms with van der Waals surface area (Å²) in [4.78, 5) is 7.35. The third-order valence-corrected chi connectivity index (χ3v) is 1.54. The van der Waals surface area contributed by atoms with Gasteiger partial charge in [0.05, 0.1) is 11.4 Å². The zero-order valence-corrected chi connectivity index (χ0v) is 6.89. The van der Waals surface area contributed by atoms with Gasteiger partial charge in [-0.3, -0.25) is 9.97 Å². The first-order chi connectivity index (χ1) is 4.72. The number of aryl methyl sites for hydroxylation is 1. The van der Waals surface area contributed by atoms with Crippen molar-refractivity contribution in [2.24, 2.45) is 0 Å². The first-order valence-electron chi connectivity index (χ1n) is 2.77. The largest absolute Gasteiger partial charge is 0.258 e. The van der Waals surface area contributed by atoms with Crippen LogP contribution in [0.15, 0.2) is 12.4 Å². The molecule has 2 nitrogen and oxygen atoms in total. The molecular formula is C6H6Cl2N2. The van der Waals surface area contributed by atoms with Crippen molar-refractivity contribution in [3.63, 3.8) is 0 Å². The fraction of sp³-hybridized carbons (Fsp3) is 0.333. The Morgan fingerprint density at radius 3 is 2.30 bits per heavy atom. The van der Waals surface area contributed by atoms with Gasteiger partial charge in [0.25, 0.3) is 0 Å². The van der Waals surface area contributed by atoms with Gasteiger partial charge in [-0.1, -0.05) is 23.2 Å². The van der Waals surface area contributed by atoms with Crippen LogP contribution in [0.1, 0.15) is 16.2 Å². The smallest absolute Gasteiger partial charge is 0.151 e. The Kier molecular flexibility index (Phi) is 2.46. The number of hydrogen-bond acceptors (Lipinski definition) is 2. The van der Waals surface area contributed by atoms with Crippen LogP contribution in [0.3, 0.4) is 0 Å². The number of nitrogens with zero attached hydrogens (tertiary/aromatic N) is 2. The Morgan fingerprint density at radius 1 is 1.30 bits per heavy atom. The van der Waals surface area contributed by atoms with E-state index in [1.54, 1.807) is 12.4 Å². The quantitative estimate of drug-likeness (QED) is 0.614. The second kappa shape index (κ2) is 3.17. The number of rotatable bonds is 1. The highest BCUT2D eigenvalue weighted by Gasteiger charge is 2.07. The maximum atomic E-state index is 5.57. The fourth-order valence-electron chi connectivity index (χ4n) is 0.633. The molecule has 0 aliphatic heterocycles. The Morgan fingerprint density at radius 2 is 1.90 bits per heavy atom. The van der Waals surface area contributed by atoms with E-state index in [4.69, 9.17) is 23.2 Å². The summed E-state index contributed by atoms with van der Waals surface area (Å²) >= 11 is 11.1. The molecule has 0 saturated heterocycles. The molecule has 0 atom stereocenters. The SMILES string of the molecule is Cc1nccnc1C(Cl)Cl. The van der Waals surface area contributed by atoms with Crippen LogP contribution in [-0.4, -0.2) is 9.97 Å². The second-order valence-electron chi connectivity index (χ2n) is 1.83. The molecule has 0 spiro atoms. The topological polar surface area (TPSA) is 25.8 Å². The van der Waals surface area contributed by atoms with Gasteiger partial charge in [-0.05, 0) is 6.92 Å². The van der Waals surface area contributed by atoms with E-state index in [0.29, 0.717) is 5.69 Å². The van der Waals surface area contributed by atoms with Gasteiger partial charge in [0.15, 0.2) is 4.84 Å². The molecule has 1 rings (SSSR count). The minimum absolute atomic E-state index is 0.575. The molecular weight excluding hydrogens is 171 g/mol. The summed E-state index contributed by atoms with van der Waals surface area (Å²) in [5.41, 5.74) is 1.41. The van der Waals surface area contributed by atoms with Gasteiger partial charge < -0.3 is 0 Å². The summed E-state index contributed by atoms with van der Waals surface area (Å²) < 4.78 is 0. The number of halogens is 2. The normalized spacial score (nSPS) is 10.4. The van der Waals surface area contributed by atoms with E-state index in [0.717, 1.165) is 5.69 Å². The van der Waals surface area contributed by atoms with Crippen molar-refractivity contribution in [2.45, 2.75) is 11.8 Å². The molecule has 0 bridgehead atoms. The summed E-state index contributed by atoms with van der Waals surface area (Å²) in [5.74, 6) is 0. The van der Waals surface area contributed by atoms with Crippen LogP contribution in [0.5, 0.6) is 0 Å².